The van der Waals surface area contributed by atoms with Gasteiger partial charge in [0.2, 0.25) is 10.0 Å². The zero-order valence-electron chi connectivity index (χ0n) is 10.4. The molecular weight excluding hydrogens is 307 g/mol. The van der Waals surface area contributed by atoms with Gasteiger partial charge in [0.1, 0.15) is 5.82 Å². The fourth-order valence-corrected chi connectivity index (χ4v) is 2.15. The molecule has 0 aliphatic carbocycles. The summed E-state index contributed by atoms with van der Waals surface area (Å²) in [4.78, 5) is -0.281. The van der Waals surface area contributed by atoms with E-state index < -0.39 is 33.2 Å². The van der Waals surface area contributed by atoms with Gasteiger partial charge in [0.15, 0.2) is 11.6 Å². The zero-order valence-corrected chi connectivity index (χ0v) is 11.2. The number of benzene rings is 2. The quantitative estimate of drug-likeness (QED) is 0.596. The Hall–Kier alpha value is -2.26. The normalized spacial score (nSPS) is 11.4. The third-order valence-corrected chi connectivity index (χ3v) is 3.53. The van der Waals surface area contributed by atoms with Crippen LogP contribution in [0.4, 0.5) is 30.2 Å². The molecule has 0 fully saturated rings. The molecule has 0 saturated carbocycles. The van der Waals surface area contributed by atoms with E-state index in [9.17, 15) is 21.6 Å². The number of sulfonamides is 1. The van der Waals surface area contributed by atoms with Crippen LogP contribution in [0.3, 0.4) is 0 Å². The van der Waals surface area contributed by atoms with Gasteiger partial charge in [-0.25, -0.2) is 26.7 Å². The second-order valence-corrected chi connectivity index (χ2v) is 5.73. The number of primary sulfonamides is 1. The Kier molecular flexibility index (Phi) is 3.79. The lowest BCUT2D eigenvalue weighted by Crippen LogP contribution is -2.12. The summed E-state index contributed by atoms with van der Waals surface area (Å²) in [5.74, 6) is -3.71. The van der Waals surface area contributed by atoms with Crippen LogP contribution >= 0.6 is 0 Å². The summed E-state index contributed by atoms with van der Waals surface area (Å²) in [6.07, 6.45) is 0. The molecule has 0 aliphatic rings. The van der Waals surface area contributed by atoms with E-state index in [4.69, 9.17) is 10.9 Å². The van der Waals surface area contributed by atoms with Crippen molar-refractivity contribution in [2.24, 2.45) is 5.14 Å². The van der Waals surface area contributed by atoms with E-state index in [2.05, 4.69) is 5.32 Å². The van der Waals surface area contributed by atoms with Crippen molar-refractivity contribution in [2.45, 2.75) is 4.90 Å². The molecule has 0 atom stereocenters. The predicted molar refractivity (Wildman–Crippen MR) is 71.8 cm³/mol. The Morgan fingerprint density at radius 1 is 1.00 bits per heavy atom. The molecule has 5 N–H and O–H groups in total. The number of halogens is 3. The van der Waals surface area contributed by atoms with Gasteiger partial charge in [-0.2, -0.15) is 0 Å². The van der Waals surface area contributed by atoms with Crippen molar-refractivity contribution in [1.82, 2.24) is 0 Å². The van der Waals surface area contributed by atoms with Crippen molar-refractivity contribution in [1.29, 1.82) is 0 Å². The molecule has 0 radical (unpaired) electrons. The molecule has 0 heterocycles. The van der Waals surface area contributed by atoms with Gasteiger partial charge < -0.3 is 11.1 Å². The van der Waals surface area contributed by atoms with Crippen LogP contribution in [-0.2, 0) is 10.0 Å². The van der Waals surface area contributed by atoms with Crippen LogP contribution in [0.15, 0.2) is 35.2 Å². The Bertz CT molecular complexity index is 810. The summed E-state index contributed by atoms with van der Waals surface area (Å²) in [5, 5.41) is 7.29. The first-order valence-electron chi connectivity index (χ1n) is 5.52. The van der Waals surface area contributed by atoms with Gasteiger partial charge in [-0.1, -0.05) is 0 Å². The van der Waals surface area contributed by atoms with Crippen molar-refractivity contribution < 1.29 is 21.6 Å². The van der Waals surface area contributed by atoms with Crippen LogP contribution in [-0.4, -0.2) is 8.42 Å². The highest BCUT2D eigenvalue weighted by molar-refractivity contribution is 7.89. The highest BCUT2D eigenvalue weighted by Gasteiger charge is 2.14. The van der Waals surface area contributed by atoms with Gasteiger partial charge in [0, 0.05) is 12.1 Å². The highest BCUT2D eigenvalue weighted by Crippen LogP contribution is 2.28. The number of nitrogens with one attached hydrogen (secondary N) is 1. The number of nitrogens with two attached hydrogens (primary N) is 2. The first-order valence-corrected chi connectivity index (χ1v) is 7.07. The highest BCUT2D eigenvalue weighted by atomic mass is 32.2. The summed E-state index contributed by atoms with van der Waals surface area (Å²) in [6.45, 7) is 0. The number of rotatable bonds is 3. The van der Waals surface area contributed by atoms with Gasteiger partial charge in [-0.15, -0.1) is 0 Å². The van der Waals surface area contributed by atoms with Crippen LogP contribution in [0.5, 0.6) is 0 Å². The third-order valence-electron chi connectivity index (χ3n) is 2.62. The molecule has 0 aromatic heterocycles. The number of anilines is 3. The Balaban J connectivity index is 2.49. The monoisotopic (exact) mass is 317 g/mol. The maximum atomic E-state index is 13.5. The lowest BCUT2D eigenvalue weighted by Gasteiger charge is -2.12. The average molecular weight is 317 g/mol. The van der Waals surface area contributed by atoms with E-state index >= 15 is 0 Å². The molecule has 2 aromatic rings. The number of nitrogen functional groups attached to an aromatic ring is 1. The molecule has 9 heteroatoms. The van der Waals surface area contributed by atoms with Crippen LogP contribution in [0.25, 0.3) is 0 Å². The molecule has 0 bridgehead atoms. The third kappa shape index (κ3) is 3.26. The first kappa shape index (κ1) is 15.1. The van der Waals surface area contributed by atoms with E-state index in [-0.39, 0.29) is 16.3 Å². The Labute approximate surface area is 118 Å². The van der Waals surface area contributed by atoms with Crippen molar-refractivity contribution in [3.63, 3.8) is 0 Å². The predicted octanol–water partition coefficient (Wildman–Crippen LogP) is 2.08. The van der Waals surface area contributed by atoms with E-state index in [1.807, 2.05) is 0 Å². The standard InChI is InChI=1S/C12H10F3N3O2S/c13-6-3-8(14)12(15)11(4-6)18-10-5-7(21(17,19)20)1-2-9(10)16/h1-5,18H,16H2,(H2,17,19,20). The minimum absolute atomic E-state index is 0.0477. The van der Waals surface area contributed by atoms with Crippen LogP contribution < -0.4 is 16.2 Å². The summed E-state index contributed by atoms with van der Waals surface area (Å²) in [6, 6.07) is 4.49. The van der Waals surface area contributed by atoms with Crippen LogP contribution in [0.1, 0.15) is 0 Å². The molecule has 0 spiro atoms. The van der Waals surface area contributed by atoms with Crippen molar-refractivity contribution >= 4 is 27.1 Å². The molecular formula is C12H10F3N3O2S. The van der Waals surface area contributed by atoms with Crippen LogP contribution in [0.2, 0.25) is 0 Å². The lowest BCUT2D eigenvalue weighted by molar-refractivity contribution is 0.498. The van der Waals surface area contributed by atoms with Crippen molar-refractivity contribution in [2.75, 3.05) is 11.1 Å². The molecule has 0 aliphatic heterocycles. The van der Waals surface area contributed by atoms with E-state index in [0.29, 0.717) is 12.1 Å². The maximum Gasteiger partial charge on any atom is 0.238 e. The minimum atomic E-state index is -4.00. The molecule has 2 aromatic carbocycles. The topological polar surface area (TPSA) is 98.2 Å². The van der Waals surface area contributed by atoms with E-state index in [0.717, 1.165) is 12.1 Å². The largest absolute Gasteiger partial charge is 0.397 e. The number of hydrogen-bond donors (Lipinski definition) is 3. The van der Waals surface area contributed by atoms with Crippen LogP contribution in [0, 0.1) is 17.5 Å². The zero-order chi connectivity index (χ0) is 15.8. The Morgan fingerprint density at radius 3 is 2.29 bits per heavy atom. The molecule has 0 unspecified atom stereocenters. The second kappa shape index (κ2) is 5.26. The van der Waals surface area contributed by atoms with Crippen molar-refractivity contribution in [3.8, 4) is 0 Å². The molecule has 21 heavy (non-hydrogen) atoms. The molecule has 0 amide bonds. The van der Waals surface area contributed by atoms with Crippen molar-refractivity contribution in [3.05, 3.63) is 47.8 Å². The van der Waals surface area contributed by atoms with Gasteiger partial charge in [0.05, 0.1) is 22.0 Å². The minimum Gasteiger partial charge on any atom is -0.397 e. The van der Waals surface area contributed by atoms with Gasteiger partial charge in [-0.05, 0) is 18.2 Å². The molecule has 2 rings (SSSR count). The lowest BCUT2D eigenvalue weighted by atomic mass is 10.2. The second-order valence-electron chi connectivity index (χ2n) is 4.17. The van der Waals surface area contributed by atoms with E-state index in [1.54, 1.807) is 0 Å². The summed E-state index contributed by atoms with van der Waals surface area (Å²) in [5.41, 5.74) is 5.07. The molecule has 5 nitrogen and oxygen atoms in total. The summed E-state index contributed by atoms with van der Waals surface area (Å²) in [7, 11) is -4.00. The Morgan fingerprint density at radius 2 is 1.67 bits per heavy atom. The molecule has 112 valence electrons. The fourth-order valence-electron chi connectivity index (χ4n) is 1.61. The smallest absolute Gasteiger partial charge is 0.238 e. The average Bonchev–Trinajstić information content (AvgIpc) is 2.36. The van der Waals surface area contributed by atoms with Gasteiger partial charge >= 0.3 is 0 Å². The number of hydrogen-bond acceptors (Lipinski definition) is 4. The van der Waals surface area contributed by atoms with Gasteiger partial charge in [0.25, 0.3) is 0 Å². The summed E-state index contributed by atoms with van der Waals surface area (Å²) >= 11 is 0. The molecule has 0 saturated heterocycles. The van der Waals surface area contributed by atoms with E-state index in [1.165, 1.54) is 6.07 Å². The summed E-state index contributed by atoms with van der Waals surface area (Å²) < 4.78 is 62.2. The maximum absolute atomic E-state index is 13.5. The van der Waals surface area contributed by atoms with Gasteiger partial charge in [-0.3, -0.25) is 0 Å². The first-order chi connectivity index (χ1) is 9.68. The fraction of sp³-hybridized carbons (Fsp3) is 0. The SMILES string of the molecule is Nc1ccc(S(N)(=O)=O)cc1Nc1cc(F)cc(F)c1F.